The third-order valence-corrected chi connectivity index (χ3v) is 4.30. The van der Waals surface area contributed by atoms with Crippen LogP contribution in [0.2, 0.25) is 0 Å². The lowest BCUT2D eigenvalue weighted by Crippen LogP contribution is -2.15. The molecule has 0 N–H and O–H groups in total. The fourth-order valence-corrected chi connectivity index (χ4v) is 2.95. The number of oxazole rings is 1. The summed E-state index contributed by atoms with van der Waals surface area (Å²) in [5.74, 6) is 1.18. The zero-order chi connectivity index (χ0) is 19.0. The SMILES string of the molecule is Cc1ccccc1OCc1nc(-c2ccc3c(c2)oc(=O)n3C(C)C)no1. The van der Waals surface area contributed by atoms with Crippen molar-refractivity contribution in [1.82, 2.24) is 14.7 Å². The minimum absolute atomic E-state index is 0.0139. The number of benzene rings is 2. The van der Waals surface area contributed by atoms with Crippen molar-refractivity contribution >= 4 is 11.1 Å². The van der Waals surface area contributed by atoms with E-state index in [4.69, 9.17) is 13.7 Å². The number of hydrogen-bond donors (Lipinski definition) is 0. The highest BCUT2D eigenvalue weighted by Gasteiger charge is 2.15. The van der Waals surface area contributed by atoms with Crippen molar-refractivity contribution in [3.05, 3.63) is 64.5 Å². The number of fused-ring (bicyclic) bond motifs is 1. The summed E-state index contributed by atoms with van der Waals surface area (Å²) in [4.78, 5) is 16.4. The van der Waals surface area contributed by atoms with Crippen LogP contribution in [0.4, 0.5) is 0 Å². The summed E-state index contributed by atoms with van der Waals surface area (Å²) in [5.41, 5.74) is 2.98. The minimum atomic E-state index is -0.377. The monoisotopic (exact) mass is 365 g/mol. The predicted octanol–water partition coefficient (Wildman–Crippen LogP) is 4.11. The molecule has 0 saturated carbocycles. The van der Waals surface area contributed by atoms with Crippen molar-refractivity contribution in [2.45, 2.75) is 33.4 Å². The van der Waals surface area contributed by atoms with Crippen molar-refractivity contribution in [3.63, 3.8) is 0 Å². The molecule has 0 spiro atoms. The van der Waals surface area contributed by atoms with E-state index in [1.54, 1.807) is 10.6 Å². The van der Waals surface area contributed by atoms with Crippen LogP contribution < -0.4 is 10.5 Å². The van der Waals surface area contributed by atoms with Gasteiger partial charge in [-0.25, -0.2) is 4.79 Å². The lowest BCUT2D eigenvalue weighted by molar-refractivity contribution is 0.242. The molecule has 0 unspecified atom stereocenters. The molecule has 27 heavy (non-hydrogen) atoms. The molecule has 0 saturated heterocycles. The van der Waals surface area contributed by atoms with Gasteiger partial charge in [0.1, 0.15) is 5.75 Å². The van der Waals surface area contributed by atoms with Crippen LogP contribution in [0.15, 0.2) is 56.2 Å². The molecule has 0 bridgehead atoms. The molecule has 0 radical (unpaired) electrons. The number of aryl methyl sites for hydroxylation is 1. The topological polar surface area (TPSA) is 83.3 Å². The Kier molecular flexibility index (Phi) is 4.27. The van der Waals surface area contributed by atoms with E-state index in [1.807, 2.05) is 57.2 Å². The third-order valence-electron chi connectivity index (χ3n) is 4.30. The van der Waals surface area contributed by atoms with Crippen molar-refractivity contribution in [2.24, 2.45) is 0 Å². The second-order valence-corrected chi connectivity index (χ2v) is 6.58. The summed E-state index contributed by atoms with van der Waals surface area (Å²) in [6.07, 6.45) is 0. The second-order valence-electron chi connectivity index (χ2n) is 6.58. The number of nitrogens with zero attached hydrogens (tertiary/aromatic N) is 3. The lowest BCUT2D eigenvalue weighted by atomic mass is 10.2. The molecule has 2 heterocycles. The van der Waals surface area contributed by atoms with Gasteiger partial charge in [0.25, 0.3) is 5.89 Å². The van der Waals surface area contributed by atoms with Gasteiger partial charge in [0.2, 0.25) is 5.82 Å². The van der Waals surface area contributed by atoms with E-state index < -0.39 is 0 Å². The van der Waals surface area contributed by atoms with Gasteiger partial charge in [-0.05, 0) is 50.6 Å². The molecule has 7 nitrogen and oxygen atoms in total. The Morgan fingerprint density at radius 3 is 2.78 bits per heavy atom. The van der Waals surface area contributed by atoms with Gasteiger partial charge in [-0.3, -0.25) is 4.57 Å². The summed E-state index contributed by atoms with van der Waals surface area (Å²) in [5, 5.41) is 4.00. The molecule has 2 aromatic heterocycles. The highest BCUT2D eigenvalue weighted by atomic mass is 16.5. The number of rotatable bonds is 5. The Labute approximate surface area is 155 Å². The summed E-state index contributed by atoms with van der Waals surface area (Å²) in [6, 6.07) is 13.2. The Hall–Kier alpha value is -3.35. The number of para-hydroxylation sites is 1. The fraction of sp³-hybridized carbons (Fsp3) is 0.250. The summed E-state index contributed by atoms with van der Waals surface area (Å²) in [6.45, 7) is 6.02. The fourth-order valence-electron chi connectivity index (χ4n) is 2.95. The maximum absolute atomic E-state index is 12.0. The minimum Gasteiger partial charge on any atom is -0.483 e. The molecule has 138 valence electrons. The zero-order valence-electron chi connectivity index (χ0n) is 15.3. The second kappa shape index (κ2) is 6.75. The van der Waals surface area contributed by atoms with Crippen molar-refractivity contribution in [3.8, 4) is 17.1 Å². The Balaban J connectivity index is 1.58. The zero-order valence-corrected chi connectivity index (χ0v) is 15.3. The Bertz CT molecular complexity index is 1150. The first kappa shape index (κ1) is 17.1. The van der Waals surface area contributed by atoms with Gasteiger partial charge in [0.15, 0.2) is 12.2 Å². The lowest BCUT2D eigenvalue weighted by Gasteiger charge is -2.05. The number of aromatic nitrogens is 3. The van der Waals surface area contributed by atoms with Crippen LogP contribution in [0.5, 0.6) is 5.75 Å². The number of hydrogen-bond acceptors (Lipinski definition) is 6. The van der Waals surface area contributed by atoms with Crippen molar-refractivity contribution in [1.29, 1.82) is 0 Å². The summed E-state index contributed by atoms with van der Waals surface area (Å²) in [7, 11) is 0. The molecular formula is C20H19N3O4. The van der Waals surface area contributed by atoms with E-state index in [9.17, 15) is 4.79 Å². The van der Waals surface area contributed by atoms with E-state index in [0.29, 0.717) is 22.9 Å². The first-order chi connectivity index (χ1) is 13.0. The summed E-state index contributed by atoms with van der Waals surface area (Å²) >= 11 is 0. The van der Waals surface area contributed by atoms with Crippen LogP contribution in [0.1, 0.15) is 31.3 Å². The predicted molar refractivity (Wildman–Crippen MR) is 99.7 cm³/mol. The molecular weight excluding hydrogens is 346 g/mol. The highest BCUT2D eigenvalue weighted by Crippen LogP contribution is 2.24. The Morgan fingerprint density at radius 2 is 2.00 bits per heavy atom. The van der Waals surface area contributed by atoms with E-state index in [2.05, 4.69) is 10.1 Å². The molecule has 2 aromatic carbocycles. The maximum Gasteiger partial charge on any atom is 0.420 e. The molecule has 7 heteroatoms. The van der Waals surface area contributed by atoms with Crippen LogP contribution in [0.3, 0.4) is 0 Å². The van der Waals surface area contributed by atoms with Crippen molar-refractivity contribution in [2.75, 3.05) is 0 Å². The molecule has 0 aliphatic carbocycles. The number of ether oxygens (including phenoxy) is 1. The van der Waals surface area contributed by atoms with Crippen LogP contribution in [0.25, 0.3) is 22.5 Å². The van der Waals surface area contributed by atoms with Crippen LogP contribution in [-0.4, -0.2) is 14.7 Å². The van der Waals surface area contributed by atoms with Crippen molar-refractivity contribution < 1.29 is 13.7 Å². The van der Waals surface area contributed by atoms with Gasteiger partial charge < -0.3 is 13.7 Å². The molecule has 0 aliphatic heterocycles. The highest BCUT2D eigenvalue weighted by molar-refractivity contribution is 5.78. The molecule has 0 fully saturated rings. The van der Waals surface area contributed by atoms with E-state index in [0.717, 1.165) is 16.8 Å². The van der Waals surface area contributed by atoms with E-state index >= 15 is 0 Å². The standard InChI is InChI=1S/C20H19N3O4/c1-12(2)23-15-9-8-14(10-17(15)26-20(23)24)19-21-18(27-22-19)11-25-16-7-5-4-6-13(16)3/h4-10,12H,11H2,1-3H3. The van der Waals surface area contributed by atoms with Crippen LogP contribution in [0, 0.1) is 6.92 Å². The maximum atomic E-state index is 12.0. The average Bonchev–Trinajstić information content (AvgIpc) is 3.23. The molecule has 4 rings (SSSR count). The molecule has 4 aromatic rings. The van der Waals surface area contributed by atoms with Gasteiger partial charge in [-0.1, -0.05) is 23.4 Å². The first-order valence-electron chi connectivity index (χ1n) is 8.69. The molecule has 0 amide bonds. The average molecular weight is 365 g/mol. The molecule has 0 atom stereocenters. The van der Waals surface area contributed by atoms with Gasteiger partial charge in [0.05, 0.1) is 5.52 Å². The smallest absolute Gasteiger partial charge is 0.420 e. The molecule has 0 aliphatic rings. The first-order valence-corrected chi connectivity index (χ1v) is 8.69. The quantitative estimate of drug-likeness (QED) is 0.529. The van der Waals surface area contributed by atoms with Crippen LogP contribution >= 0.6 is 0 Å². The Morgan fingerprint density at radius 1 is 1.19 bits per heavy atom. The van der Waals surface area contributed by atoms with Gasteiger partial charge >= 0.3 is 5.76 Å². The largest absolute Gasteiger partial charge is 0.483 e. The third kappa shape index (κ3) is 3.23. The van der Waals surface area contributed by atoms with E-state index in [-0.39, 0.29) is 18.4 Å². The van der Waals surface area contributed by atoms with Gasteiger partial charge in [-0.2, -0.15) is 4.98 Å². The normalized spacial score (nSPS) is 11.4. The van der Waals surface area contributed by atoms with E-state index in [1.165, 1.54) is 0 Å². The van der Waals surface area contributed by atoms with Crippen LogP contribution in [-0.2, 0) is 6.61 Å². The van der Waals surface area contributed by atoms with Gasteiger partial charge in [0, 0.05) is 11.6 Å². The summed E-state index contributed by atoms with van der Waals surface area (Å²) < 4.78 is 18.0. The van der Waals surface area contributed by atoms with Gasteiger partial charge in [-0.15, -0.1) is 0 Å².